The molecule has 6 heteroatoms. The third-order valence-electron chi connectivity index (χ3n) is 3.24. The quantitative estimate of drug-likeness (QED) is 0.644. The first-order valence-electron chi connectivity index (χ1n) is 6.59. The van der Waals surface area contributed by atoms with Crippen LogP contribution in [0.1, 0.15) is 18.9 Å². The number of rotatable bonds is 5. The number of guanidine groups is 1. The van der Waals surface area contributed by atoms with Gasteiger partial charge in [0.05, 0.1) is 0 Å². The number of nitrogens with one attached hydrogen (secondary N) is 2. The predicted octanol–water partition coefficient (Wildman–Crippen LogP) is 2.36. The lowest BCUT2D eigenvalue weighted by Crippen LogP contribution is -2.38. The third kappa shape index (κ3) is 4.36. The van der Waals surface area contributed by atoms with Crippen molar-refractivity contribution in [2.45, 2.75) is 32.5 Å². The largest absolute Gasteiger partial charge is 0.435 e. The molecule has 1 aromatic rings. The summed E-state index contributed by atoms with van der Waals surface area (Å²) in [5.41, 5.74) is 0.856. The summed E-state index contributed by atoms with van der Waals surface area (Å²) in [4.78, 5) is 4.13. The lowest BCUT2D eigenvalue weighted by Gasteiger charge is -2.12. The van der Waals surface area contributed by atoms with Gasteiger partial charge in [-0.15, -0.1) is 0 Å². The van der Waals surface area contributed by atoms with Crippen LogP contribution in [0.25, 0.3) is 0 Å². The van der Waals surface area contributed by atoms with E-state index in [1.165, 1.54) is 6.07 Å². The molecule has 1 fully saturated rings. The number of hydrogen-bond acceptors (Lipinski definition) is 2. The summed E-state index contributed by atoms with van der Waals surface area (Å²) in [7, 11) is 1.71. The molecule has 0 heterocycles. The SMILES string of the molecule is CN=C(NCc1cccc(OC(F)F)c1)NC1CC1C. The topological polar surface area (TPSA) is 45.7 Å². The van der Waals surface area contributed by atoms with E-state index in [9.17, 15) is 8.78 Å². The van der Waals surface area contributed by atoms with Crippen LogP contribution in [0, 0.1) is 5.92 Å². The van der Waals surface area contributed by atoms with E-state index in [0.29, 0.717) is 18.5 Å². The first kappa shape index (κ1) is 14.6. The minimum atomic E-state index is -2.80. The maximum atomic E-state index is 12.1. The maximum absolute atomic E-state index is 12.1. The number of benzene rings is 1. The summed E-state index contributed by atoms with van der Waals surface area (Å²) in [5, 5.41) is 6.45. The molecule has 2 unspecified atom stereocenters. The molecule has 4 nitrogen and oxygen atoms in total. The maximum Gasteiger partial charge on any atom is 0.387 e. The van der Waals surface area contributed by atoms with E-state index < -0.39 is 6.61 Å². The van der Waals surface area contributed by atoms with Crippen molar-refractivity contribution in [2.75, 3.05) is 7.05 Å². The van der Waals surface area contributed by atoms with Gasteiger partial charge in [-0.2, -0.15) is 8.78 Å². The van der Waals surface area contributed by atoms with Gasteiger partial charge in [-0.3, -0.25) is 4.99 Å². The molecule has 20 heavy (non-hydrogen) atoms. The molecule has 1 saturated carbocycles. The fourth-order valence-electron chi connectivity index (χ4n) is 1.91. The van der Waals surface area contributed by atoms with Crippen LogP contribution in [-0.4, -0.2) is 25.7 Å². The van der Waals surface area contributed by atoms with Crippen LogP contribution in [-0.2, 0) is 6.54 Å². The van der Waals surface area contributed by atoms with Gasteiger partial charge in [-0.05, 0) is 30.0 Å². The summed E-state index contributed by atoms with van der Waals surface area (Å²) in [6.45, 7) is -0.124. The Kier molecular flexibility index (Phi) is 4.76. The zero-order valence-electron chi connectivity index (χ0n) is 11.6. The number of nitrogens with zero attached hydrogens (tertiary/aromatic N) is 1. The summed E-state index contributed by atoms with van der Waals surface area (Å²) in [5.74, 6) is 1.56. The van der Waals surface area contributed by atoms with Crippen molar-refractivity contribution in [1.29, 1.82) is 0 Å². The van der Waals surface area contributed by atoms with E-state index in [0.717, 1.165) is 17.9 Å². The van der Waals surface area contributed by atoms with Crippen molar-refractivity contribution in [3.63, 3.8) is 0 Å². The molecule has 0 aromatic heterocycles. The minimum absolute atomic E-state index is 0.165. The Hall–Kier alpha value is -1.85. The van der Waals surface area contributed by atoms with Crippen LogP contribution in [0.15, 0.2) is 29.3 Å². The van der Waals surface area contributed by atoms with Crippen LogP contribution < -0.4 is 15.4 Å². The first-order chi connectivity index (χ1) is 9.58. The summed E-state index contributed by atoms with van der Waals surface area (Å²) in [6.07, 6.45) is 1.15. The van der Waals surface area contributed by atoms with Crippen LogP contribution in [0.4, 0.5) is 8.78 Å². The number of hydrogen-bond donors (Lipinski definition) is 2. The number of ether oxygens (including phenoxy) is 1. The van der Waals surface area contributed by atoms with E-state index >= 15 is 0 Å². The van der Waals surface area contributed by atoms with Gasteiger partial charge in [0.1, 0.15) is 5.75 Å². The highest BCUT2D eigenvalue weighted by atomic mass is 19.3. The Labute approximate surface area is 117 Å². The van der Waals surface area contributed by atoms with Crippen molar-refractivity contribution < 1.29 is 13.5 Å². The Morgan fingerprint density at radius 1 is 1.50 bits per heavy atom. The zero-order valence-corrected chi connectivity index (χ0v) is 11.6. The molecule has 2 rings (SSSR count). The Morgan fingerprint density at radius 3 is 2.85 bits per heavy atom. The first-order valence-corrected chi connectivity index (χ1v) is 6.59. The Balaban J connectivity index is 1.86. The zero-order chi connectivity index (χ0) is 14.5. The van der Waals surface area contributed by atoms with Gasteiger partial charge in [0.25, 0.3) is 0 Å². The summed E-state index contributed by atoms with van der Waals surface area (Å²) < 4.78 is 28.7. The average Bonchev–Trinajstić information content (AvgIpc) is 3.09. The summed E-state index contributed by atoms with van der Waals surface area (Å²) >= 11 is 0. The molecular formula is C14H19F2N3O. The highest BCUT2D eigenvalue weighted by Gasteiger charge is 2.33. The third-order valence-corrected chi connectivity index (χ3v) is 3.24. The molecule has 0 aliphatic heterocycles. The second kappa shape index (κ2) is 6.54. The Bertz CT molecular complexity index is 479. The summed E-state index contributed by atoms with van der Waals surface area (Å²) in [6, 6.07) is 7.11. The van der Waals surface area contributed by atoms with Crippen molar-refractivity contribution in [1.82, 2.24) is 10.6 Å². The van der Waals surface area contributed by atoms with Gasteiger partial charge in [0.2, 0.25) is 0 Å². The van der Waals surface area contributed by atoms with Gasteiger partial charge in [0, 0.05) is 19.6 Å². The fourth-order valence-corrected chi connectivity index (χ4v) is 1.91. The number of halogens is 2. The monoisotopic (exact) mass is 283 g/mol. The van der Waals surface area contributed by atoms with Crippen molar-refractivity contribution in [2.24, 2.45) is 10.9 Å². The molecule has 1 aromatic carbocycles. The van der Waals surface area contributed by atoms with E-state index in [-0.39, 0.29) is 5.75 Å². The van der Waals surface area contributed by atoms with E-state index in [1.807, 2.05) is 6.07 Å². The van der Waals surface area contributed by atoms with E-state index in [2.05, 4.69) is 27.3 Å². The fraction of sp³-hybridized carbons (Fsp3) is 0.500. The van der Waals surface area contributed by atoms with Crippen LogP contribution in [0.5, 0.6) is 5.75 Å². The highest BCUT2D eigenvalue weighted by molar-refractivity contribution is 5.80. The van der Waals surface area contributed by atoms with Crippen LogP contribution >= 0.6 is 0 Å². The molecule has 0 saturated heterocycles. The van der Waals surface area contributed by atoms with Crippen LogP contribution in [0.2, 0.25) is 0 Å². The average molecular weight is 283 g/mol. The van der Waals surface area contributed by atoms with E-state index in [1.54, 1.807) is 19.2 Å². The molecule has 110 valence electrons. The Morgan fingerprint density at radius 2 is 2.25 bits per heavy atom. The number of aliphatic imine (C=N–C) groups is 1. The lowest BCUT2D eigenvalue weighted by molar-refractivity contribution is -0.0498. The molecule has 0 amide bonds. The van der Waals surface area contributed by atoms with Gasteiger partial charge >= 0.3 is 6.61 Å². The molecule has 0 bridgehead atoms. The smallest absolute Gasteiger partial charge is 0.387 e. The molecule has 1 aliphatic carbocycles. The molecule has 2 atom stereocenters. The normalized spacial score (nSPS) is 21.8. The lowest BCUT2D eigenvalue weighted by atomic mass is 10.2. The molecule has 2 N–H and O–H groups in total. The molecule has 0 spiro atoms. The molecule has 0 radical (unpaired) electrons. The predicted molar refractivity (Wildman–Crippen MR) is 74.0 cm³/mol. The van der Waals surface area contributed by atoms with Crippen molar-refractivity contribution in [3.05, 3.63) is 29.8 Å². The second-order valence-electron chi connectivity index (χ2n) is 4.92. The standard InChI is InChI=1S/C14H19F2N3O/c1-9-6-12(9)19-14(17-2)18-8-10-4-3-5-11(7-10)20-13(15)16/h3-5,7,9,12-13H,6,8H2,1-2H3,(H2,17,18,19). The van der Waals surface area contributed by atoms with Gasteiger partial charge in [-0.25, -0.2) is 0 Å². The number of alkyl halides is 2. The minimum Gasteiger partial charge on any atom is -0.435 e. The van der Waals surface area contributed by atoms with E-state index in [4.69, 9.17) is 0 Å². The second-order valence-corrected chi connectivity index (χ2v) is 4.92. The van der Waals surface area contributed by atoms with Crippen molar-refractivity contribution >= 4 is 5.96 Å². The van der Waals surface area contributed by atoms with Gasteiger partial charge in [0.15, 0.2) is 5.96 Å². The van der Waals surface area contributed by atoms with Crippen molar-refractivity contribution in [3.8, 4) is 5.75 Å². The highest BCUT2D eigenvalue weighted by Crippen LogP contribution is 2.28. The van der Waals surface area contributed by atoms with Crippen LogP contribution in [0.3, 0.4) is 0 Å². The van der Waals surface area contributed by atoms with Gasteiger partial charge < -0.3 is 15.4 Å². The molecular weight excluding hydrogens is 264 g/mol. The molecule has 1 aliphatic rings. The van der Waals surface area contributed by atoms with Gasteiger partial charge in [-0.1, -0.05) is 19.1 Å².